The minimum absolute atomic E-state index is 0.0396. The number of benzene rings is 2. The van der Waals surface area contributed by atoms with Gasteiger partial charge in [-0.15, -0.1) is 0 Å². The number of rotatable bonds is 3. The molecule has 5 rings (SSSR count). The topological polar surface area (TPSA) is 36.0 Å². The zero-order valence-electron chi connectivity index (χ0n) is 17.3. The van der Waals surface area contributed by atoms with Crippen molar-refractivity contribution in [1.82, 2.24) is 14.7 Å². The molecule has 2 saturated heterocycles. The van der Waals surface area contributed by atoms with Crippen LogP contribution in [0.15, 0.2) is 48.5 Å². The average molecular weight is 410 g/mol. The molecule has 2 aromatic rings. The van der Waals surface area contributed by atoms with Crippen LogP contribution in [0.4, 0.5) is 4.39 Å². The Morgan fingerprint density at radius 1 is 1.10 bits per heavy atom. The third-order valence-electron chi connectivity index (χ3n) is 6.85. The van der Waals surface area contributed by atoms with Crippen molar-refractivity contribution in [2.75, 3.05) is 46.4 Å². The summed E-state index contributed by atoms with van der Waals surface area (Å²) in [5.41, 5.74) is 2.18. The Hall–Kier alpha value is -2.44. The maximum Gasteiger partial charge on any atom is 0.227 e. The van der Waals surface area contributed by atoms with E-state index in [2.05, 4.69) is 34.1 Å². The van der Waals surface area contributed by atoms with Crippen molar-refractivity contribution in [2.45, 2.75) is 12.6 Å². The summed E-state index contributed by atoms with van der Waals surface area (Å²) >= 11 is 0. The number of halogens is 1. The molecule has 0 N–H and O–H groups in total. The number of carbonyl (C=O) groups is 1. The molecule has 158 valence electrons. The van der Waals surface area contributed by atoms with Gasteiger partial charge < -0.3 is 9.64 Å². The van der Waals surface area contributed by atoms with Gasteiger partial charge in [-0.2, -0.15) is 0 Å². The van der Waals surface area contributed by atoms with Crippen LogP contribution >= 0.6 is 0 Å². The van der Waals surface area contributed by atoms with Crippen molar-refractivity contribution >= 4 is 5.91 Å². The molecule has 0 saturated carbocycles. The fourth-order valence-electron chi connectivity index (χ4n) is 5.31. The Morgan fingerprint density at radius 3 is 2.63 bits per heavy atom. The quantitative estimate of drug-likeness (QED) is 0.781. The van der Waals surface area contributed by atoms with Crippen LogP contribution in [0.3, 0.4) is 0 Å². The van der Waals surface area contributed by atoms with E-state index in [-0.39, 0.29) is 29.6 Å². The van der Waals surface area contributed by atoms with Crippen molar-refractivity contribution in [1.29, 1.82) is 0 Å². The van der Waals surface area contributed by atoms with E-state index in [0.717, 1.165) is 44.0 Å². The van der Waals surface area contributed by atoms with Gasteiger partial charge in [0.1, 0.15) is 11.6 Å². The van der Waals surface area contributed by atoms with Crippen molar-refractivity contribution in [2.24, 2.45) is 11.8 Å². The van der Waals surface area contributed by atoms with E-state index < -0.39 is 0 Å². The van der Waals surface area contributed by atoms with E-state index >= 15 is 0 Å². The first-order valence-electron chi connectivity index (χ1n) is 10.8. The molecular formula is C24H28FN3O2. The average Bonchev–Trinajstić information content (AvgIpc) is 3.11. The predicted molar refractivity (Wildman–Crippen MR) is 113 cm³/mol. The van der Waals surface area contributed by atoms with E-state index in [1.165, 1.54) is 11.6 Å². The fraction of sp³-hybridized carbons (Fsp3) is 0.458. The van der Waals surface area contributed by atoms with Gasteiger partial charge in [0.2, 0.25) is 5.91 Å². The largest absolute Gasteiger partial charge is 0.493 e. The number of piperazine rings is 1. The normalized spacial score (nSPS) is 26.7. The first-order valence-corrected chi connectivity index (χ1v) is 10.8. The highest BCUT2D eigenvalue weighted by Crippen LogP contribution is 2.47. The van der Waals surface area contributed by atoms with E-state index in [4.69, 9.17) is 4.74 Å². The number of amides is 1. The summed E-state index contributed by atoms with van der Waals surface area (Å²) in [6.45, 7) is 5.43. The van der Waals surface area contributed by atoms with Crippen LogP contribution in [0.5, 0.6) is 5.75 Å². The predicted octanol–water partition coefficient (Wildman–Crippen LogP) is 2.78. The summed E-state index contributed by atoms with van der Waals surface area (Å²) in [6, 6.07) is 15.2. The lowest BCUT2D eigenvalue weighted by atomic mass is 9.84. The number of ether oxygens (including phenoxy) is 1. The zero-order chi connectivity index (χ0) is 20.7. The molecule has 2 fully saturated rings. The molecular weight excluding hydrogens is 381 g/mol. The van der Waals surface area contributed by atoms with Crippen molar-refractivity contribution < 1.29 is 13.9 Å². The van der Waals surface area contributed by atoms with Gasteiger partial charge in [0.15, 0.2) is 0 Å². The minimum atomic E-state index is -0.254. The maximum absolute atomic E-state index is 13.9. The van der Waals surface area contributed by atoms with Crippen LogP contribution in [0, 0.1) is 17.7 Å². The van der Waals surface area contributed by atoms with Crippen molar-refractivity contribution in [3.63, 3.8) is 0 Å². The second kappa shape index (κ2) is 8.00. The summed E-state index contributed by atoms with van der Waals surface area (Å²) < 4.78 is 19.8. The highest BCUT2D eigenvalue weighted by Gasteiger charge is 2.48. The molecule has 0 radical (unpaired) electrons. The Kier molecular flexibility index (Phi) is 5.21. The first kappa shape index (κ1) is 19.5. The Morgan fingerprint density at radius 2 is 1.87 bits per heavy atom. The van der Waals surface area contributed by atoms with Gasteiger partial charge in [-0.3, -0.25) is 14.6 Å². The third-order valence-corrected chi connectivity index (χ3v) is 6.85. The first-order chi connectivity index (χ1) is 14.6. The standard InChI is InChI=1S/C24H28FN3O2/c1-26-15-20(21-16-30-22-8-7-18(25)13-19(22)23(21)26)24(29)28-11-9-27(10-12-28)14-17-5-3-2-4-6-17/h2-8,13,20-21,23H,9-12,14-16H2,1H3/t20-,21+,23+/m1/s1. The SMILES string of the molecule is CN1C[C@@H](C(=O)N2CCN(Cc3ccccc3)CC2)[C@@H]2COc3ccc(F)cc3[C@@H]21. The Bertz CT molecular complexity index is 914. The molecule has 6 heteroatoms. The van der Waals surface area contributed by atoms with Crippen LogP contribution in [0.2, 0.25) is 0 Å². The molecule has 0 bridgehead atoms. The summed E-state index contributed by atoms with van der Waals surface area (Å²) in [6.07, 6.45) is 0. The summed E-state index contributed by atoms with van der Waals surface area (Å²) in [5.74, 6) is 0.677. The molecule has 5 nitrogen and oxygen atoms in total. The van der Waals surface area contributed by atoms with Gasteiger partial charge in [0.05, 0.1) is 12.5 Å². The molecule has 2 aromatic carbocycles. The number of hydrogen-bond acceptors (Lipinski definition) is 4. The number of fused-ring (bicyclic) bond motifs is 3. The molecule has 1 amide bonds. The number of likely N-dealkylation sites (tertiary alicyclic amines) is 1. The molecule has 0 spiro atoms. The number of carbonyl (C=O) groups excluding carboxylic acids is 1. The van der Waals surface area contributed by atoms with E-state index in [1.54, 1.807) is 12.1 Å². The number of nitrogens with zero attached hydrogens (tertiary/aromatic N) is 3. The summed E-state index contributed by atoms with van der Waals surface area (Å²) in [5, 5.41) is 0. The molecule has 30 heavy (non-hydrogen) atoms. The zero-order valence-corrected chi connectivity index (χ0v) is 17.3. The van der Waals surface area contributed by atoms with E-state index in [9.17, 15) is 9.18 Å². The lowest BCUT2D eigenvalue weighted by Gasteiger charge is -2.37. The van der Waals surface area contributed by atoms with Gasteiger partial charge in [0.25, 0.3) is 0 Å². The molecule has 3 atom stereocenters. The Balaban J connectivity index is 1.24. The van der Waals surface area contributed by atoms with Crippen LogP contribution in [-0.2, 0) is 11.3 Å². The second-order valence-electron chi connectivity index (χ2n) is 8.73. The van der Waals surface area contributed by atoms with Crippen LogP contribution in [-0.4, -0.2) is 67.0 Å². The summed E-state index contributed by atoms with van der Waals surface area (Å²) in [7, 11) is 2.03. The highest BCUT2D eigenvalue weighted by molar-refractivity contribution is 5.80. The van der Waals surface area contributed by atoms with Crippen molar-refractivity contribution in [3.8, 4) is 5.75 Å². The molecule has 0 unspecified atom stereocenters. The van der Waals surface area contributed by atoms with Gasteiger partial charge >= 0.3 is 0 Å². The monoisotopic (exact) mass is 409 g/mol. The smallest absolute Gasteiger partial charge is 0.227 e. The van der Waals surface area contributed by atoms with Crippen LogP contribution in [0.25, 0.3) is 0 Å². The van der Waals surface area contributed by atoms with Crippen LogP contribution in [0.1, 0.15) is 17.2 Å². The maximum atomic E-state index is 13.9. The van der Waals surface area contributed by atoms with Gasteiger partial charge in [-0.05, 0) is 30.8 Å². The lowest BCUT2D eigenvalue weighted by molar-refractivity contribution is -0.138. The number of hydrogen-bond donors (Lipinski definition) is 0. The van der Waals surface area contributed by atoms with E-state index in [1.807, 2.05) is 18.0 Å². The molecule has 3 aliphatic heterocycles. The highest BCUT2D eigenvalue weighted by atomic mass is 19.1. The molecule has 0 aromatic heterocycles. The van der Waals surface area contributed by atoms with Gasteiger partial charge in [-0.25, -0.2) is 4.39 Å². The third kappa shape index (κ3) is 3.59. The van der Waals surface area contributed by atoms with Crippen LogP contribution < -0.4 is 4.74 Å². The minimum Gasteiger partial charge on any atom is -0.493 e. The fourth-order valence-corrected chi connectivity index (χ4v) is 5.31. The van der Waals surface area contributed by atoms with E-state index in [0.29, 0.717) is 13.2 Å². The van der Waals surface area contributed by atoms with Crippen molar-refractivity contribution in [3.05, 3.63) is 65.5 Å². The lowest BCUT2D eigenvalue weighted by Crippen LogP contribution is -2.51. The van der Waals surface area contributed by atoms with Gasteiger partial charge in [0, 0.05) is 56.8 Å². The van der Waals surface area contributed by atoms with Gasteiger partial charge in [-0.1, -0.05) is 30.3 Å². The molecule has 3 heterocycles. The molecule has 3 aliphatic rings. The molecule has 0 aliphatic carbocycles. The second-order valence-corrected chi connectivity index (χ2v) is 8.73. The summed E-state index contributed by atoms with van der Waals surface area (Å²) in [4.78, 5) is 20.0. The Labute approximate surface area is 177 Å².